The third kappa shape index (κ3) is 2.06. The highest BCUT2D eigenvalue weighted by Crippen LogP contribution is 2.66. The summed E-state index contributed by atoms with van der Waals surface area (Å²) in [7, 11) is 0. The summed E-state index contributed by atoms with van der Waals surface area (Å²) in [5, 5.41) is 10.1. The maximum absolute atomic E-state index is 13.3. The third-order valence-corrected chi connectivity index (χ3v) is 8.52. The van der Waals surface area contributed by atoms with Gasteiger partial charge in [-0.15, -0.1) is 0 Å². The number of aliphatic hydroxyl groups is 1. The predicted octanol–water partition coefficient (Wildman–Crippen LogP) is 4.52. The normalized spacial score (nSPS) is 54.5. The van der Waals surface area contributed by atoms with Crippen LogP contribution in [0.3, 0.4) is 0 Å². The zero-order chi connectivity index (χ0) is 16.4. The van der Waals surface area contributed by atoms with Crippen molar-refractivity contribution >= 4 is 5.78 Å². The first-order chi connectivity index (χ1) is 10.9. The lowest BCUT2D eigenvalue weighted by atomic mass is 9.44. The molecule has 0 heterocycles. The molecule has 1 N–H and O–H groups in total. The average Bonchev–Trinajstić information content (AvgIpc) is 2.83. The number of allylic oxidation sites excluding steroid dienone is 2. The summed E-state index contributed by atoms with van der Waals surface area (Å²) in [6.45, 7) is 6.90. The Balaban J connectivity index is 1.70. The van der Waals surface area contributed by atoms with E-state index in [9.17, 15) is 9.90 Å². The average molecular weight is 316 g/mol. The second kappa shape index (κ2) is 5.18. The van der Waals surface area contributed by atoms with Gasteiger partial charge in [-0.25, -0.2) is 0 Å². The molecule has 0 bridgehead atoms. The van der Waals surface area contributed by atoms with Crippen LogP contribution in [0.4, 0.5) is 0 Å². The summed E-state index contributed by atoms with van der Waals surface area (Å²) in [6, 6.07) is 0. The van der Waals surface area contributed by atoms with Crippen LogP contribution < -0.4 is 0 Å². The van der Waals surface area contributed by atoms with E-state index in [0.717, 1.165) is 25.7 Å². The molecule has 4 aliphatic rings. The van der Waals surface area contributed by atoms with Crippen molar-refractivity contribution in [3.63, 3.8) is 0 Å². The molecule has 4 rings (SSSR count). The number of aliphatic hydroxyl groups excluding tert-OH is 1. The van der Waals surface area contributed by atoms with Crippen LogP contribution in [-0.4, -0.2) is 17.0 Å². The molecule has 0 radical (unpaired) electrons. The SMILES string of the molecule is C/C=C1\CC[C@H]2[C@@H]3CCC4CC(O)CC[C@]4(C)[C@H]3C(=O)C[C@]12C. The van der Waals surface area contributed by atoms with Gasteiger partial charge in [0, 0.05) is 12.3 Å². The van der Waals surface area contributed by atoms with Crippen molar-refractivity contribution in [2.45, 2.75) is 78.2 Å². The first kappa shape index (κ1) is 15.9. The fourth-order valence-corrected chi connectivity index (χ4v) is 7.37. The van der Waals surface area contributed by atoms with Gasteiger partial charge >= 0.3 is 0 Å². The lowest BCUT2D eigenvalue weighted by Crippen LogP contribution is -2.57. The fourth-order valence-electron chi connectivity index (χ4n) is 7.37. The molecule has 4 aliphatic carbocycles. The molecular weight excluding hydrogens is 284 g/mol. The number of fused-ring (bicyclic) bond motifs is 5. The molecule has 7 atom stereocenters. The van der Waals surface area contributed by atoms with Gasteiger partial charge in [-0.05, 0) is 80.5 Å². The summed E-state index contributed by atoms with van der Waals surface area (Å²) in [5.41, 5.74) is 1.84. The van der Waals surface area contributed by atoms with Crippen molar-refractivity contribution in [2.24, 2.45) is 34.5 Å². The van der Waals surface area contributed by atoms with E-state index in [2.05, 4.69) is 26.8 Å². The first-order valence-electron chi connectivity index (χ1n) is 9.76. The number of hydrogen-bond acceptors (Lipinski definition) is 2. The Hall–Kier alpha value is -0.630. The number of rotatable bonds is 0. The minimum absolute atomic E-state index is 0.130. The van der Waals surface area contributed by atoms with Crippen molar-refractivity contribution < 1.29 is 9.90 Å². The van der Waals surface area contributed by atoms with Crippen LogP contribution >= 0.6 is 0 Å². The summed E-state index contributed by atoms with van der Waals surface area (Å²) < 4.78 is 0. The van der Waals surface area contributed by atoms with Gasteiger partial charge in [-0.1, -0.05) is 25.5 Å². The van der Waals surface area contributed by atoms with Crippen molar-refractivity contribution in [3.8, 4) is 0 Å². The number of carbonyl (C=O) groups is 1. The number of carbonyl (C=O) groups excluding carboxylic acids is 1. The molecule has 0 aromatic heterocycles. The molecule has 2 nitrogen and oxygen atoms in total. The van der Waals surface area contributed by atoms with Gasteiger partial charge in [-0.2, -0.15) is 0 Å². The van der Waals surface area contributed by atoms with E-state index in [1.807, 2.05) is 0 Å². The standard InChI is InChI=1S/C21H32O2/c1-4-13-6-8-17-16-7-5-14-11-15(22)9-10-20(14,2)19(16)18(23)12-21(13,17)3/h4,14-17,19,22H,5-12H2,1-3H3/b13-4+/t14?,15?,16-,17-,19+,20-,21+/m0/s1. The Bertz CT molecular complexity index is 550. The van der Waals surface area contributed by atoms with Gasteiger partial charge < -0.3 is 5.11 Å². The number of hydrogen-bond donors (Lipinski definition) is 1. The molecule has 128 valence electrons. The lowest BCUT2D eigenvalue weighted by Gasteiger charge is -2.59. The van der Waals surface area contributed by atoms with Gasteiger partial charge in [0.25, 0.3) is 0 Å². The van der Waals surface area contributed by atoms with E-state index in [1.165, 1.54) is 25.7 Å². The molecule has 0 saturated heterocycles. The van der Waals surface area contributed by atoms with Gasteiger partial charge in [0.05, 0.1) is 6.10 Å². The van der Waals surface area contributed by atoms with Gasteiger partial charge in [-0.3, -0.25) is 4.79 Å². The monoisotopic (exact) mass is 316 g/mol. The second-order valence-corrected chi connectivity index (χ2v) is 9.37. The van der Waals surface area contributed by atoms with E-state index in [1.54, 1.807) is 5.57 Å². The van der Waals surface area contributed by atoms with E-state index < -0.39 is 0 Å². The van der Waals surface area contributed by atoms with Crippen LogP contribution in [0.25, 0.3) is 0 Å². The summed E-state index contributed by atoms with van der Waals surface area (Å²) in [6.07, 6.45) is 10.7. The molecule has 0 aromatic carbocycles. The van der Waals surface area contributed by atoms with Crippen molar-refractivity contribution in [1.82, 2.24) is 0 Å². The first-order valence-corrected chi connectivity index (χ1v) is 9.76. The summed E-state index contributed by atoms with van der Waals surface area (Å²) in [4.78, 5) is 13.3. The summed E-state index contributed by atoms with van der Waals surface area (Å²) in [5.74, 6) is 2.67. The Labute approximate surface area is 140 Å². The zero-order valence-electron chi connectivity index (χ0n) is 15.0. The Kier molecular flexibility index (Phi) is 3.58. The van der Waals surface area contributed by atoms with E-state index in [0.29, 0.717) is 23.5 Å². The van der Waals surface area contributed by atoms with Crippen LogP contribution in [0.15, 0.2) is 11.6 Å². The third-order valence-electron chi connectivity index (χ3n) is 8.52. The smallest absolute Gasteiger partial charge is 0.137 e. The van der Waals surface area contributed by atoms with Crippen LogP contribution in [0, 0.1) is 34.5 Å². The Morgan fingerprint density at radius 1 is 1.17 bits per heavy atom. The van der Waals surface area contributed by atoms with Crippen LogP contribution in [0.2, 0.25) is 0 Å². The van der Waals surface area contributed by atoms with Gasteiger partial charge in [0.15, 0.2) is 0 Å². The minimum atomic E-state index is -0.130. The highest BCUT2D eigenvalue weighted by Gasteiger charge is 2.61. The molecule has 0 amide bonds. The van der Waals surface area contributed by atoms with Crippen LogP contribution in [0.1, 0.15) is 72.1 Å². The maximum atomic E-state index is 13.3. The highest BCUT2D eigenvalue weighted by atomic mass is 16.3. The maximum Gasteiger partial charge on any atom is 0.137 e. The van der Waals surface area contributed by atoms with Gasteiger partial charge in [0.2, 0.25) is 0 Å². The van der Waals surface area contributed by atoms with Crippen molar-refractivity contribution in [1.29, 1.82) is 0 Å². The van der Waals surface area contributed by atoms with E-state index >= 15 is 0 Å². The molecule has 2 unspecified atom stereocenters. The number of ketones is 1. The van der Waals surface area contributed by atoms with E-state index in [-0.39, 0.29) is 22.9 Å². The second-order valence-electron chi connectivity index (χ2n) is 9.37. The predicted molar refractivity (Wildman–Crippen MR) is 91.9 cm³/mol. The van der Waals surface area contributed by atoms with Crippen molar-refractivity contribution in [2.75, 3.05) is 0 Å². The van der Waals surface area contributed by atoms with Crippen LogP contribution in [0.5, 0.6) is 0 Å². The summed E-state index contributed by atoms with van der Waals surface area (Å²) >= 11 is 0. The zero-order valence-corrected chi connectivity index (χ0v) is 15.0. The minimum Gasteiger partial charge on any atom is -0.393 e. The molecule has 2 heteroatoms. The molecule has 0 aromatic rings. The van der Waals surface area contributed by atoms with Crippen molar-refractivity contribution in [3.05, 3.63) is 11.6 Å². The largest absolute Gasteiger partial charge is 0.393 e. The quantitative estimate of drug-likeness (QED) is 0.667. The topological polar surface area (TPSA) is 37.3 Å². The van der Waals surface area contributed by atoms with E-state index in [4.69, 9.17) is 0 Å². The lowest BCUT2D eigenvalue weighted by molar-refractivity contribution is -0.157. The molecular formula is C21H32O2. The van der Waals surface area contributed by atoms with Crippen LogP contribution in [-0.2, 0) is 4.79 Å². The molecule has 4 saturated carbocycles. The highest BCUT2D eigenvalue weighted by molar-refractivity contribution is 5.85. The fraction of sp³-hybridized carbons (Fsp3) is 0.857. The molecule has 0 aliphatic heterocycles. The number of Topliss-reactive ketones (excluding diaryl/α,β-unsaturated/α-hetero) is 1. The Morgan fingerprint density at radius 3 is 2.70 bits per heavy atom. The molecule has 4 fully saturated rings. The van der Waals surface area contributed by atoms with Gasteiger partial charge in [0.1, 0.15) is 5.78 Å². The molecule has 0 spiro atoms. The molecule has 23 heavy (non-hydrogen) atoms. The Morgan fingerprint density at radius 2 is 1.96 bits per heavy atom.